The number of phenols is 2. The Morgan fingerprint density at radius 2 is 1.80 bits per heavy atom. The highest BCUT2D eigenvalue weighted by atomic mass is 16.3. The SMILES string of the molecule is CCC(CC)CN(CC)CC(=O)c1ccc(O)c(O)c1. The minimum Gasteiger partial charge on any atom is -0.504 e. The van der Waals surface area contributed by atoms with Crippen LogP contribution < -0.4 is 0 Å². The van der Waals surface area contributed by atoms with Crippen LogP contribution in [0, 0.1) is 5.92 Å². The van der Waals surface area contributed by atoms with E-state index in [4.69, 9.17) is 0 Å². The summed E-state index contributed by atoms with van der Waals surface area (Å²) in [6, 6.07) is 4.21. The van der Waals surface area contributed by atoms with E-state index in [1.165, 1.54) is 12.1 Å². The molecule has 112 valence electrons. The molecule has 0 saturated carbocycles. The highest BCUT2D eigenvalue weighted by Gasteiger charge is 2.15. The van der Waals surface area contributed by atoms with Gasteiger partial charge in [0.05, 0.1) is 6.54 Å². The molecule has 0 fully saturated rings. The molecule has 0 aliphatic heterocycles. The van der Waals surface area contributed by atoms with Crippen molar-refractivity contribution in [2.45, 2.75) is 33.6 Å². The summed E-state index contributed by atoms with van der Waals surface area (Å²) in [5.74, 6) is 0.119. The van der Waals surface area contributed by atoms with Gasteiger partial charge in [-0.2, -0.15) is 0 Å². The Hall–Kier alpha value is -1.55. The summed E-state index contributed by atoms with van der Waals surface area (Å²) in [7, 11) is 0. The Kier molecular flexibility index (Phi) is 6.52. The lowest BCUT2D eigenvalue weighted by atomic mass is 10.0. The second kappa shape index (κ2) is 7.90. The number of aromatic hydroxyl groups is 2. The molecule has 4 heteroatoms. The molecule has 0 amide bonds. The first-order valence-electron chi connectivity index (χ1n) is 7.29. The molecule has 2 N–H and O–H groups in total. The van der Waals surface area contributed by atoms with Crippen LogP contribution in [0.5, 0.6) is 11.5 Å². The fourth-order valence-corrected chi connectivity index (χ4v) is 2.21. The molecule has 1 aromatic carbocycles. The number of nitrogens with zero attached hydrogens (tertiary/aromatic N) is 1. The molecule has 0 heterocycles. The van der Waals surface area contributed by atoms with E-state index in [0.717, 1.165) is 25.9 Å². The van der Waals surface area contributed by atoms with Crippen LogP contribution in [0.25, 0.3) is 0 Å². The van der Waals surface area contributed by atoms with Gasteiger partial charge in [0, 0.05) is 12.1 Å². The van der Waals surface area contributed by atoms with Gasteiger partial charge in [0.15, 0.2) is 17.3 Å². The first-order chi connectivity index (χ1) is 9.51. The van der Waals surface area contributed by atoms with Gasteiger partial charge in [-0.05, 0) is 30.7 Å². The summed E-state index contributed by atoms with van der Waals surface area (Å²) in [5, 5.41) is 18.7. The Bertz CT molecular complexity index is 441. The first kappa shape index (κ1) is 16.5. The topological polar surface area (TPSA) is 60.8 Å². The maximum atomic E-state index is 12.2. The van der Waals surface area contributed by atoms with Crippen LogP contribution in [-0.2, 0) is 0 Å². The highest BCUT2D eigenvalue weighted by molar-refractivity contribution is 5.98. The van der Waals surface area contributed by atoms with Crippen LogP contribution in [0.4, 0.5) is 0 Å². The quantitative estimate of drug-likeness (QED) is 0.567. The second-order valence-corrected chi connectivity index (χ2v) is 5.14. The lowest BCUT2D eigenvalue weighted by Gasteiger charge is -2.24. The number of hydrogen-bond donors (Lipinski definition) is 2. The minimum atomic E-state index is -0.251. The molecule has 0 aliphatic rings. The largest absolute Gasteiger partial charge is 0.504 e. The van der Waals surface area contributed by atoms with Gasteiger partial charge in [0.2, 0.25) is 0 Å². The summed E-state index contributed by atoms with van der Waals surface area (Å²) >= 11 is 0. The Morgan fingerprint density at radius 3 is 2.30 bits per heavy atom. The first-order valence-corrected chi connectivity index (χ1v) is 7.29. The monoisotopic (exact) mass is 279 g/mol. The van der Waals surface area contributed by atoms with Crippen LogP contribution in [0.1, 0.15) is 44.0 Å². The average Bonchev–Trinajstić information content (AvgIpc) is 2.46. The highest BCUT2D eigenvalue weighted by Crippen LogP contribution is 2.25. The summed E-state index contributed by atoms with van der Waals surface area (Å²) in [6.07, 6.45) is 2.22. The third-order valence-electron chi connectivity index (χ3n) is 3.78. The summed E-state index contributed by atoms with van der Waals surface area (Å²) in [4.78, 5) is 14.3. The number of hydrogen-bond acceptors (Lipinski definition) is 4. The number of rotatable bonds is 8. The van der Waals surface area contributed by atoms with Crippen LogP contribution in [0.3, 0.4) is 0 Å². The summed E-state index contributed by atoms with van der Waals surface area (Å²) in [6.45, 7) is 8.47. The zero-order valence-corrected chi connectivity index (χ0v) is 12.6. The van der Waals surface area contributed by atoms with Crippen LogP contribution in [0.15, 0.2) is 18.2 Å². The predicted molar refractivity (Wildman–Crippen MR) is 80.3 cm³/mol. The lowest BCUT2D eigenvalue weighted by molar-refractivity contribution is 0.0920. The second-order valence-electron chi connectivity index (χ2n) is 5.14. The number of phenolic OH excluding ortho intramolecular Hbond substituents is 2. The van der Waals surface area contributed by atoms with E-state index in [9.17, 15) is 15.0 Å². The Labute approximate surface area is 121 Å². The zero-order chi connectivity index (χ0) is 15.1. The number of carbonyl (C=O) groups excluding carboxylic acids is 1. The number of likely N-dealkylation sites (N-methyl/N-ethyl adjacent to an activating group) is 1. The number of benzene rings is 1. The normalized spacial score (nSPS) is 11.2. The van der Waals surface area contributed by atoms with E-state index in [1.807, 2.05) is 6.92 Å². The third-order valence-corrected chi connectivity index (χ3v) is 3.78. The van der Waals surface area contributed by atoms with Crippen molar-refractivity contribution in [3.8, 4) is 11.5 Å². The van der Waals surface area contributed by atoms with Crippen LogP contribution in [-0.4, -0.2) is 40.5 Å². The van der Waals surface area contributed by atoms with Crippen molar-refractivity contribution >= 4 is 5.78 Å². The van der Waals surface area contributed by atoms with E-state index in [-0.39, 0.29) is 17.3 Å². The minimum absolute atomic E-state index is 0.0342. The molecule has 0 unspecified atom stereocenters. The average molecular weight is 279 g/mol. The molecule has 0 spiro atoms. The fourth-order valence-electron chi connectivity index (χ4n) is 2.21. The maximum Gasteiger partial charge on any atom is 0.176 e. The molecule has 0 atom stereocenters. The van der Waals surface area contributed by atoms with Crippen LogP contribution in [0.2, 0.25) is 0 Å². The van der Waals surface area contributed by atoms with Gasteiger partial charge in [0.1, 0.15) is 0 Å². The van der Waals surface area contributed by atoms with E-state index in [2.05, 4.69) is 18.7 Å². The smallest absolute Gasteiger partial charge is 0.176 e. The predicted octanol–water partition coefficient (Wildman–Crippen LogP) is 3.04. The molecule has 0 aliphatic carbocycles. The molecular formula is C16H25NO3. The molecule has 0 radical (unpaired) electrons. The molecule has 0 aromatic heterocycles. The number of Topliss-reactive ketones (excluding diaryl/α,β-unsaturated/α-hetero) is 1. The molecule has 4 nitrogen and oxygen atoms in total. The van der Waals surface area contributed by atoms with Crippen molar-refractivity contribution in [2.75, 3.05) is 19.6 Å². The van der Waals surface area contributed by atoms with Crippen molar-refractivity contribution in [3.05, 3.63) is 23.8 Å². The molecule has 0 bridgehead atoms. The lowest BCUT2D eigenvalue weighted by Crippen LogP contribution is -2.34. The van der Waals surface area contributed by atoms with Crippen LogP contribution >= 0.6 is 0 Å². The molecule has 0 saturated heterocycles. The van der Waals surface area contributed by atoms with Crippen molar-refractivity contribution in [2.24, 2.45) is 5.92 Å². The van der Waals surface area contributed by atoms with Crippen molar-refractivity contribution in [3.63, 3.8) is 0 Å². The molecule has 1 rings (SSSR count). The van der Waals surface area contributed by atoms with Crippen molar-refractivity contribution in [1.82, 2.24) is 4.90 Å². The summed E-state index contributed by atoms with van der Waals surface area (Å²) < 4.78 is 0. The van der Waals surface area contributed by atoms with E-state index in [1.54, 1.807) is 6.07 Å². The molecule has 20 heavy (non-hydrogen) atoms. The molecule has 1 aromatic rings. The van der Waals surface area contributed by atoms with Gasteiger partial charge in [-0.25, -0.2) is 0 Å². The van der Waals surface area contributed by atoms with Gasteiger partial charge >= 0.3 is 0 Å². The van der Waals surface area contributed by atoms with Gasteiger partial charge in [0.25, 0.3) is 0 Å². The standard InChI is InChI=1S/C16H25NO3/c1-4-12(5-2)10-17(6-3)11-16(20)13-7-8-14(18)15(19)9-13/h7-9,12,18-19H,4-6,10-11H2,1-3H3. The number of carbonyl (C=O) groups is 1. The third kappa shape index (κ3) is 4.53. The zero-order valence-electron chi connectivity index (χ0n) is 12.6. The van der Waals surface area contributed by atoms with Gasteiger partial charge in [-0.15, -0.1) is 0 Å². The van der Waals surface area contributed by atoms with Crippen molar-refractivity contribution < 1.29 is 15.0 Å². The summed E-state index contributed by atoms with van der Waals surface area (Å²) in [5.41, 5.74) is 0.434. The van der Waals surface area contributed by atoms with E-state index >= 15 is 0 Å². The van der Waals surface area contributed by atoms with E-state index in [0.29, 0.717) is 18.0 Å². The van der Waals surface area contributed by atoms with Gasteiger partial charge < -0.3 is 10.2 Å². The number of ketones is 1. The Balaban J connectivity index is 2.69. The van der Waals surface area contributed by atoms with Gasteiger partial charge in [-0.1, -0.05) is 33.6 Å². The van der Waals surface area contributed by atoms with Gasteiger partial charge in [-0.3, -0.25) is 9.69 Å². The van der Waals surface area contributed by atoms with Crippen molar-refractivity contribution in [1.29, 1.82) is 0 Å². The molecular weight excluding hydrogens is 254 g/mol. The maximum absolute atomic E-state index is 12.2. The fraction of sp³-hybridized carbons (Fsp3) is 0.562. The Morgan fingerprint density at radius 1 is 1.15 bits per heavy atom. The van der Waals surface area contributed by atoms with E-state index < -0.39 is 0 Å².